The second kappa shape index (κ2) is 7.77. The first kappa shape index (κ1) is 20.7. The Morgan fingerprint density at radius 2 is 1.97 bits per heavy atom. The monoisotopic (exact) mass is 402 g/mol. The van der Waals surface area contributed by atoms with E-state index in [2.05, 4.69) is 4.98 Å². The lowest BCUT2D eigenvalue weighted by Crippen LogP contribution is -2.43. The van der Waals surface area contributed by atoms with Gasteiger partial charge in [0, 0.05) is 17.5 Å². The van der Waals surface area contributed by atoms with Gasteiger partial charge in [0.1, 0.15) is 23.5 Å². The molecule has 0 bridgehead atoms. The number of carbonyl (C=O) groups excluding carboxylic acids is 1. The molecule has 2 heterocycles. The number of carbonyl (C=O) groups is 2. The van der Waals surface area contributed by atoms with Gasteiger partial charge in [-0.1, -0.05) is 0 Å². The van der Waals surface area contributed by atoms with Gasteiger partial charge in [-0.05, 0) is 57.3 Å². The molecule has 1 aromatic heterocycles. The number of methoxy groups -OCH3 is 1. The summed E-state index contributed by atoms with van der Waals surface area (Å²) in [6.45, 7) is 7.18. The van der Waals surface area contributed by atoms with Gasteiger partial charge in [0.05, 0.1) is 13.7 Å². The molecular formula is C21H26N2O6. The number of hydrogen-bond acceptors (Lipinski definition) is 6. The van der Waals surface area contributed by atoms with Gasteiger partial charge in [-0.25, -0.2) is 14.6 Å². The van der Waals surface area contributed by atoms with Crippen LogP contribution in [0.25, 0.3) is 10.8 Å². The number of aromatic nitrogens is 1. The van der Waals surface area contributed by atoms with Crippen molar-refractivity contribution >= 4 is 22.8 Å². The molecule has 1 amide bonds. The highest BCUT2D eigenvalue weighted by atomic mass is 16.6. The van der Waals surface area contributed by atoms with Crippen LogP contribution in [0, 0.1) is 6.92 Å². The molecule has 1 N–H and O–H groups in total. The van der Waals surface area contributed by atoms with E-state index < -0.39 is 29.8 Å². The summed E-state index contributed by atoms with van der Waals surface area (Å²) in [4.78, 5) is 29.8. The van der Waals surface area contributed by atoms with E-state index in [9.17, 15) is 14.7 Å². The molecule has 0 spiro atoms. The highest BCUT2D eigenvalue weighted by Gasteiger charge is 2.43. The Labute approximate surface area is 169 Å². The van der Waals surface area contributed by atoms with Gasteiger partial charge >= 0.3 is 12.1 Å². The Morgan fingerprint density at radius 1 is 1.24 bits per heavy atom. The van der Waals surface area contributed by atoms with Gasteiger partial charge in [0.2, 0.25) is 5.88 Å². The quantitative estimate of drug-likeness (QED) is 0.837. The summed E-state index contributed by atoms with van der Waals surface area (Å²) in [6.07, 6.45) is -1.02. The average Bonchev–Trinajstić information content (AvgIpc) is 3.04. The molecule has 0 aliphatic carbocycles. The van der Waals surface area contributed by atoms with Gasteiger partial charge in [0.25, 0.3) is 0 Å². The lowest BCUT2D eigenvalue weighted by molar-refractivity contribution is -0.142. The SMILES string of the molecule is COc1ccc2c(OC3C[C@@H](C(=O)O)N(C(=O)OC(C)(C)C)C3)nc(C)cc2c1. The maximum atomic E-state index is 12.5. The zero-order valence-electron chi connectivity index (χ0n) is 17.3. The molecule has 1 aromatic carbocycles. The summed E-state index contributed by atoms with van der Waals surface area (Å²) in [6, 6.07) is 6.47. The van der Waals surface area contributed by atoms with Crippen LogP contribution >= 0.6 is 0 Å². The number of carboxylic acids is 1. The minimum atomic E-state index is -1.09. The highest BCUT2D eigenvalue weighted by Crippen LogP contribution is 2.31. The number of likely N-dealkylation sites (tertiary alicyclic amines) is 1. The smallest absolute Gasteiger partial charge is 0.411 e. The van der Waals surface area contributed by atoms with E-state index in [1.54, 1.807) is 27.9 Å². The van der Waals surface area contributed by atoms with Gasteiger partial charge in [-0.3, -0.25) is 4.90 Å². The number of carboxylic acid groups (broad SMARTS) is 1. The Kier molecular flexibility index (Phi) is 5.55. The largest absolute Gasteiger partial charge is 0.497 e. The second-order valence-electron chi connectivity index (χ2n) is 8.12. The van der Waals surface area contributed by atoms with E-state index in [1.165, 1.54) is 4.90 Å². The minimum Gasteiger partial charge on any atom is -0.497 e. The van der Waals surface area contributed by atoms with Crippen LogP contribution in [0.1, 0.15) is 32.9 Å². The third-order valence-corrected chi connectivity index (χ3v) is 4.59. The third-order valence-electron chi connectivity index (χ3n) is 4.59. The summed E-state index contributed by atoms with van der Waals surface area (Å²) in [7, 11) is 1.60. The molecule has 1 fully saturated rings. The number of fused-ring (bicyclic) bond motifs is 1. The van der Waals surface area contributed by atoms with Gasteiger partial charge in [-0.2, -0.15) is 0 Å². The van der Waals surface area contributed by atoms with Crippen molar-refractivity contribution in [3.63, 3.8) is 0 Å². The lowest BCUT2D eigenvalue weighted by atomic mass is 10.1. The summed E-state index contributed by atoms with van der Waals surface area (Å²) < 4.78 is 16.7. The number of rotatable bonds is 4. The molecule has 1 saturated heterocycles. The number of hydrogen-bond donors (Lipinski definition) is 1. The fraction of sp³-hybridized carbons (Fsp3) is 0.476. The number of aliphatic carboxylic acids is 1. The minimum absolute atomic E-state index is 0.110. The van der Waals surface area contributed by atoms with Crippen molar-refractivity contribution in [1.82, 2.24) is 9.88 Å². The second-order valence-corrected chi connectivity index (χ2v) is 8.12. The average molecular weight is 402 g/mol. The topological polar surface area (TPSA) is 98.2 Å². The summed E-state index contributed by atoms with van der Waals surface area (Å²) in [5, 5.41) is 11.3. The van der Waals surface area contributed by atoms with E-state index in [4.69, 9.17) is 14.2 Å². The van der Waals surface area contributed by atoms with E-state index >= 15 is 0 Å². The van der Waals surface area contributed by atoms with Gasteiger partial charge in [-0.15, -0.1) is 0 Å². The number of benzene rings is 1. The molecule has 0 radical (unpaired) electrons. The molecule has 0 saturated carbocycles. The van der Waals surface area contributed by atoms with E-state index in [0.29, 0.717) is 5.88 Å². The van der Waals surface area contributed by atoms with Crippen molar-refractivity contribution in [3.05, 3.63) is 30.0 Å². The molecule has 2 atom stereocenters. The van der Waals surface area contributed by atoms with Crippen molar-refractivity contribution in [2.75, 3.05) is 13.7 Å². The van der Waals surface area contributed by atoms with Crippen LogP contribution in [0.5, 0.6) is 11.6 Å². The molecule has 156 valence electrons. The molecule has 1 aliphatic rings. The van der Waals surface area contributed by atoms with Gasteiger partial charge < -0.3 is 19.3 Å². The van der Waals surface area contributed by atoms with Crippen LogP contribution in [0.15, 0.2) is 24.3 Å². The summed E-state index contributed by atoms with van der Waals surface area (Å²) >= 11 is 0. The normalized spacial score (nSPS) is 19.3. The highest BCUT2D eigenvalue weighted by molar-refractivity contribution is 5.88. The molecule has 1 aliphatic heterocycles. The van der Waals surface area contributed by atoms with Crippen LogP contribution in [0.2, 0.25) is 0 Å². The summed E-state index contributed by atoms with van der Waals surface area (Å²) in [5.41, 5.74) is 0.0458. The van der Waals surface area contributed by atoms with Crippen LogP contribution in [0.4, 0.5) is 4.79 Å². The molecule has 8 nitrogen and oxygen atoms in total. The van der Waals surface area contributed by atoms with Crippen molar-refractivity contribution in [1.29, 1.82) is 0 Å². The van der Waals surface area contributed by atoms with Gasteiger partial charge in [0.15, 0.2) is 0 Å². The number of pyridine rings is 1. The Bertz CT molecular complexity index is 937. The molecule has 8 heteroatoms. The lowest BCUT2D eigenvalue weighted by Gasteiger charge is -2.26. The Morgan fingerprint density at radius 3 is 2.59 bits per heavy atom. The van der Waals surface area contributed by atoms with Crippen LogP contribution in [0.3, 0.4) is 0 Å². The van der Waals surface area contributed by atoms with Crippen LogP contribution < -0.4 is 9.47 Å². The first-order valence-electron chi connectivity index (χ1n) is 9.42. The standard InChI is InChI=1S/C21H26N2O6/c1-12-8-13-9-14(27-5)6-7-16(13)18(22-12)28-15-10-17(19(24)25)23(11-15)20(26)29-21(2,3)4/h6-9,15,17H,10-11H2,1-5H3,(H,24,25)/t15?,17-/m0/s1. The number of amides is 1. The van der Waals surface area contributed by atoms with Crippen molar-refractivity contribution < 1.29 is 28.9 Å². The fourth-order valence-electron chi connectivity index (χ4n) is 3.35. The predicted molar refractivity (Wildman–Crippen MR) is 106 cm³/mol. The number of aryl methyl sites for hydroxylation is 1. The van der Waals surface area contributed by atoms with Crippen LogP contribution in [-0.4, -0.2) is 58.5 Å². The first-order valence-corrected chi connectivity index (χ1v) is 9.42. The van der Waals surface area contributed by atoms with E-state index in [-0.39, 0.29) is 13.0 Å². The Hall–Kier alpha value is -3.03. The van der Waals surface area contributed by atoms with Crippen molar-refractivity contribution in [3.8, 4) is 11.6 Å². The van der Waals surface area contributed by atoms with E-state index in [1.807, 2.05) is 31.2 Å². The van der Waals surface area contributed by atoms with Crippen molar-refractivity contribution in [2.24, 2.45) is 0 Å². The Balaban J connectivity index is 1.85. The predicted octanol–water partition coefficient (Wildman–Crippen LogP) is 3.39. The number of nitrogens with zero attached hydrogens (tertiary/aromatic N) is 2. The molecular weight excluding hydrogens is 376 g/mol. The molecule has 3 rings (SSSR count). The van der Waals surface area contributed by atoms with Crippen LogP contribution in [-0.2, 0) is 9.53 Å². The number of ether oxygens (including phenoxy) is 3. The third kappa shape index (κ3) is 4.70. The first-order chi connectivity index (χ1) is 13.6. The molecule has 29 heavy (non-hydrogen) atoms. The molecule has 1 unspecified atom stereocenters. The fourth-order valence-corrected chi connectivity index (χ4v) is 3.35. The van der Waals surface area contributed by atoms with Crippen molar-refractivity contribution in [2.45, 2.75) is 51.9 Å². The zero-order chi connectivity index (χ0) is 21.3. The zero-order valence-corrected chi connectivity index (χ0v) is 17.3. The maximum absolute atomic E-state index is 12.5. The summed E-state index contributed by atoms with van der Waals surface area (Å²) in [5.74, 6) is 0.0357. The maximum Gasteiger partial charge on any atom is 0.411 e. The van der Waals surface area contributed by atoms with E-state index in [0.717, 1.165) is 22.2 Å². The molecule has 2 aromatic rings.